The van der Waals surface area contributed by atoms with E-state index in [0.717, 1.165) is 5.56 Å². The Kier molecular flexibility index (Phi) is 4.73. The molecule has 6 nitrogen and oxygen atoms in total. The maximum atomic E-state index is 11.0. The molecule has 21 heavy (non-hydrogen) atoms. The van der Waals surface area contributed by atoms with Gasteiger partial charge in [-0.1, -0.05) is 30.3 Å². The molecule has 0 saturated heterocycles. The number of carboxylic acids is 2. The topological polar surface area (TPSA) is 91.0 Å². The van der Waals surface area contributed by atoms with Crippen molar-refractivity contribution in [3.8, 4) is 0 Å². The molecule has 0 radical (unpaired) electrons. The first-order valence-electron chi connectivity index (χ1n) is 6.34. The molecule has 1 unspecified atom stereocenters. The van der Waals surface area contributed by atoms with Gasteiger partial charge in [-0.05, 0) is 17.7 Å². The Balaban J connectivity index is 2.40. The predicted molar refractivity (Wildman–Crippen MR) is 73.8 cm³/mol. The van der Waals surface area contributed by atoms with Gasteiger partial charge in [0.2, 0.25) is 0 Å². The normalized spacial score (nSPS) is 12.2. The number of nitrogens with zero attached hydrogens (tertiary/aromatic N) is 1. The van der Waals surface area contributed by atoms with E-state index in [2.05, 4.69) is 0 Å². The molecule has 1 heterocycles. The Labute approximate surface area is 121 Å². The van der Waals surface area contributed by atoms with Crippen molar-refractivity contribution in [3.05, 3.63) is 60.1 Å². The summed E-state index contributed by atoms with van der Waals surface area (Å²) in [6.07, 6.45) is 1.48. The van der Waals surface area contributed by atoms with E-state index in [9.17, 15) is 9.59 Å². The zero-order valence-corrected chi connectivity index (χ0v) is 11.2. The molecule has 0 saturated carbocycles. The van der Waals surface area contributed by atoms with Gasteiger partial charge in [-0.25, -0.2) is 0 Å². The quantitative estimate of drug-likeness (QED) is 0.808. The lowest BCUT2D eigenvalue weighted by molar-refractivity contribution is -0.142. The van der Waals surface area contributed by atoms with E-state index in [0.29, 0.717) is 5.76 Å². The summed E-state index contributed by atoms with van der Waals surface area (Å²) in [5.41, 5.74) is 0.773. The summed E-state index contributed by atoms with van der Waals surface area (Å²) in [5.74, 6) is -1.68. The molecule has 0 aliphatic carbocycles. The molecule has 0 spiro atoms. The standard InChI is InChI=1S/C15H15NO5/c17-13(18)9-16(10-14(19)20)15(12-7-4-8-21-12)11-5-2-1-3-6-11/h1-8,15H,9-10H2,(H,17,18)(H,19,20). The number of carboxylic acid groups (broad SMARTS) is 2. The van der Waals surface area contributed by atoms with Gasteiger partial charge in [0.05, 0.1) is 25.4 Å². The van der Waals surface area contributed by atoms with Crippen molar-refractivity contribution >= 4 is 11.9 Å². The highest BCUT2D eigenvalue weighted by atomic mass is 16.4. The summed E-state index contributed by atoms with van der Waals surface area (Å²) in [6, 6.07) is 11.9. The molecule has 0 aliphatic rings. The van der Waals surface area contributed by atoms with Crippen molar-refractivity contribution in [1.82, 2.24) is 4.90 Å². The molecule has 2 aromatic rings. The Morgan fingerprint density at radius 3 is 2.10 bits per heavy atom. The molecule has 0 aliphatic heterocycles. The lowest BCUT2D eigenvalue weighted by atomic mass is 10.0. The number of rotatable bonds is 7. The van der Waals surface area contributed by atoms with Crippen LogP contribution in [0.3, 0.4) is 0 Å². The monoisotopic (exact) mass is 289 g/mol. The second-order valence-corrected chi connectivity index (χ2v) is 4.52. The van der Waals surface area contributed by atoms with Gasteiger partial charge >= 0.3 is 11.9 Å². The maximum Gasteiger partial charge on any atom is 0.317 e. The number of carbonyl (C=O) groups is 2. The smallest absolute Gasteiger partial charge is 0.317 e. The molecule has 0 fully saturated rings. The maximum absolute atomic E-state index is 11.0. The van der Waals surface area contributed by atoms with E-state index < -0.39 is 31.1 Å². The van der Waals surface area contributed by atoms with Crippen LogP contribution < -0.4 is 0 Å². The minimum Gasteiger partial charge on any atom is -0.480 e. The summed E-state index contributed by atoms with van der Waals surface area (Å²) in [5, 5.41) is 18.0. The van der Waals surface area contributed by atoms with Crippen LogP contribution in [0.15, 0.2) is 53.1 Å². The summed E-state index contributed by atoms with van der Waals surface area (Å²) < 4.78 is 5.37. The van der Waals surface area contributed by atoms with Gasteiger partial charge in [-0.3, -0.25) is 14.5 Å². The van der Waals surface area contributed by atoms with Crippen LogP contribution in [0.2, 0.25) is 0 Å². The van der Waals surface area contributed by atoms with Gasteiger partial charge in [-0.2, -0.15) is 0 Å². The molecule has 0 amide bonds. The first-order valence-corrected chi connectivity index (χ1v) is 6.34. The van der Waals surface area contributed by atoms with E-state index in [-0.39, 0.29) is 0 Å². The number of benzene rings is 1. The van der Waals surface area contributed by atoms with E-state index in [1.54, 1.807) is 12.1 Å². The van der Waals surface area contributed by atoms with Crippen LogP contribution in [-0.2, 0) is 9.59 Å². The fourth-order valence-electron chi connectivity index (χ4n) is 2.22. The van der Waals surface area contributed by atoms with Crippen molar-refractivity contribution in [1.29, 1.82) is 0 Å². The van der Waals surface area contributed by atoms with Crippen molar-refractivity contribution in [2.45, 2.75) is 6.04 Å². The fraction of sp³-hybridized carbons (Fsp3) is 0.200. The van der Waals surface area contributed by atoms with Crippen LogP contribution in [0.5, 0.6) is 0 Å². The van der Waals surface area contributed by atoms with Gasteiger partial charge in [0.15, 0.2) is 0 Å². The van der Waals surface area contributed by atoms with E-state index in [1.165, 1.54) is 11.2 Å². The second kappa shape index (κ2) is 6.71. The lowest BCUT2D eigenvalue weighted by Gasteiger charge is -2.27. The molecule has 2 rings (SSSR count). The molecule has 110 valence electrons. The Hall–Kier alpha value is -2.60. The Bertz CT molecular complexity index is 578. The SMILES string of the molecule is O=C(O)CN(CC(=O)O)C(c1ccccc1)c1ccco1. The summed E-state index contributed by atoms with van der Waals surface area (Å²) in [4.78, 5) is 23.4. The average Bonchev–Trinajstić information content (AvgIpc) is 2.92. The highest BCUT2D eigenvalue weighted by Crippen LogP contribution is 2.28. The summed E-state index contributed by atoms with van der Waals surface area (Å²) in [7, 11) is 0. The number of hydrogen-bond donors (Lipinski definition) is 2. The minimum atomic E-state index is -1.09. The van der Waals surface area contributed by atoms with E-state index in [1.807, 2.05) is 30.3 Å². The molecular weight excluding hydrogens is 274 g/mol. The third kappa shape index (κ3) is 3.93. The third-order valence-electron chi connectivity index (χ3n) is 2.97. The van der Waals surface area contributed by atoms with Crippen LogP contribution in [0.25, 0.3) is 0 Å². The Morgan fingerprint density at radius 2 is 1.62 bits per heavy atom. The number of aliphatic carboxylic acids is 2. The van der Waals surface area contributed by atoms with Gasteiger partial charge < -0.3 is 14.6 Å². The van der Waals surface area contributed by atoms with Crippen LogP contribution >= 0.6 is 0 Å². The average molecular weight is 289 g/mol. The van der Waals surface area contributed by atoms with Crippen molar-refractivity contribution < 1.29 is 24.2 Å². The first kappa shape index (κ1) is 14.8. The zero-order chi connectivity index (χ0) is 15.2. The predicted octanol–water partition coefficient (Wildman–Crippen LogP) is 1.84. The minimum absolute atomic E-state index is 0.396. The van der Waals surface area contributed by atoms with E-state index in [4.69, 9.17) is 14.6 Å². The van der Waals surface area contributed by atoms with Gasteiger partial charge in [0.1, 0.15) is 5.76 Å². The van der Waals surface area contributed by atoms with Gasteiger partial charge in [0.25, 0.3) is 0 Å². The number of hydrogen-bond acceptors (Lipinski definition) is 4. The molecule has 2 N–H and O–H groups in total. The van der Waals surface area contributed by atoms with Gasteiger partial charge in [0, 0.05) is 0 Å². The highest BCUT2D eigenvalue weighted by molar-refractivity contribution is 5.73. The zero-order valence-electron chi connectivity index (χ0n) is 11.2. The highest BCUT2D eigenvalue weighted by Gasteiger charge is 2.28. The lowest BCUT2D eigenvalue weighted by Crippen LogP contribution is -2.38. The van der Waals surface area contributed by atoms with Crippen molar-refractivity contribution in [2.24, 2.45) is 0 Å². The molecule has 1 aromatic heterocycles. The summed E-state index contributed by atoms with van der Waals surface area (Å²) in [6.45, 7) is -0.793. The number of furan rings is 1. The van der Waals surface area contributed by atoms with Crippen molar-refractivity contribution in [2.75, 3.05) is 13.1 Å². The van der Waals surface area contributed by atoms with E-state index >= 15 is 0 Å². The molecule has 0 bridgehead atoms. The fourth-order valence-corrected chi connectivity index (χ4v) is 2.22. The molecular formula is C15H15NO5. The first-order chi connectivity index (χ1) is 10.1. The van der Waals surface area contributed by atoms with Crippen molar-refractivity contribution in [3.63, 3.8) is 0 Å². The molecule has 6 heteroatoms. The van der Waals surface area contributed by atoms with Crippen LogP contribution in [0.4, 0.5) is 0 Å². The van der Waals surface area contributed by atoms with Crippen LogP contribution in [0, 0.1) is 0 Å². The molecule has 1 atom stereocenters. The van der Waals surface area contributed by atoms with Crippen LogP contribution in [0.1, 0.15) is 17.4 Å². The second-order valence-electron chi connectivity index (χ2n) is 4.52. The van der Waals surface area contributed by atoms with Gasteiger partial charge in [-0.15, -0.1) is 0 Å². The van der Waals surface area contributed by atoms with Crippen LogP contribution in [-0.4, -0.2) is 40.1 Å². The largest absolute Gasteiger partial charge is 0.480 e. The third-order valence-corrected chi connectivity index (χ3v) is 2.97. The molecule has 1 aromatic carbocycles. The summed E-state index contributed by atoms with van der Waals surface area (Å²) >= 11 is 0. The Morgan fingerprint density at radius 1 is 1.00 bits per heavy atom.